The minimum absolute atomic E-state index is 0.0114. The third-order valence-corrected chi connectivity index (χ3v) is 9.83. The Kier molecular flexibility index (Phi) is 29.1. The smallest absolute Gasteiger partial charge is 0.305 e. The van der Waals surface area contributed by atoms with Crippen LogP contribution in [-0.4, -0.2) is 172 Å². The summed E-state index contributed by atoms with van der Waals surface area (Å²) in [6.45, 7) is 7.93. The molecule has 30 heteroatoms. The number of aliphatic imine (C=N–C) groups is 2. The molecule has 0 aromatic heterocycles. The molecule has 0 aliphatic heterocycles. The van der Waals surface area contributed by atoms with E-state index in [1.807, 2.05) is 0 Å². The standard InChI is InChI=1S/C41H73N15O15/c1-18(2)13-24(34(66)50-22(32(42)64)9-7-11-47-40(43)44)52-38(70)28(17-57)55-37(69)26(15-29(60)61)53-35(67)25(14-19(3)4)51-36(68)27(16-30(62)63)54-39(71)31(20(5)58)56-33(65)23(49-21(6)59)10-8-12-48-41(45)46/h18-20,22-28,31,57-58H,7-17H2,1-6H3,(H2,42,64)(H,49,59)(H,50,66)(H,51,68)(H,52,70)(H,53,67)(H,54,71)(H,55,69)(H,56,65)(H,60,61)(H,62,63)(H4,43,44,47)(H4,45,46,48)/t20-,22-,23+,24+,25+,26+,27+,28+,31+/m1/s1. The molecule has 22 N–H and O–H groups in total. The molecule has 0 aliphatic carbocycles. The molecule has 0 bridgehead atoms. The van der Waals surface area contributed by atoms with Gasteiger partial charge < -0.3 is 91.6 Å². The van der Waals surface area contributed by atoms with Crippen LogP contribution in [0, 0.1) is 11.8 Å². The van der Waals surface area contributed by atoms with Crippen LogP contribution in [0.15, 0.2) is 9.98 Å². The maximum absolute atomic E-state index is 13.8. The number of carbonyl (C=O) groups excluding carboxylic acids is 9. The third-order valence-electron chi connectivity index (χ3n) is 9.83. The van der Waals surface area contributed by atoms with E-state index in [1.165, 1.54) is 0 Å². The van der Waals surface area contributed by atoms with E-state index in [-0.39, 0.29) is 69.5 Å². The van der Waals surface area contributed by atoms with Crippen molar-refractivity contribution in [1.82, 2.24) is 42.5 Å². The number of carboxylic acid groups (broad SMARTS) is 2. The first-order valence-electron chi connectivity index (χ1n) is 22.5. The molecule has 0 rings (SSSR count). The van der Waals surface area contributed by atoms with Gasteiger partial charge in [0, 0.05) is 20.0 Å². The van der Waals surface area contributed by atoms with Crippen molar-refractivity contribution < 1.29 is 73.2 Å². The maximum Gasteiger partial charge on any atom is 0.305 e. The van der Waals surface area contributed by atoms with Crippen LogP contribution in [0.2, 0.25) is 0 Å². The summed E-state index contributed by atoms with van der Waals surface area (Å²) in [6.07, 6.45) is -3.70. The van der Waals surface area contributed by atoms with Crippen LogP contribution in [0.3, 0.4) is 0 Å². The number of nitrogens with zero attached hydrogens (tertiary/aromatic N) is 2. The normalized spacial score (nSPS) is 14.7. The second-order valence-corrected chi connectivity index (χ2v) is 17.3. The van der Waals surface area contributed by atoms with Gasteiger partial charge in [0.05, 0.1) is 25.6 Å². The van der Waals surface area contributed by atoms with Crippen LogP contribution >= 0.6 is 0 Å². The van der Waals surface area contributed by atoms with Crippen molar-refractivity contribution in [1.29, 1.82) is 0 Å². The van der Waals surface area contributed by atoms with Gasteiger partial charge in [-0.05, 0) is 57.3 Å². The number of guanidine groups is 2. The fraction of sp³-hybridized carbons (Fsp3) is 0.683. The summed E-state index contributed by atoms with van der Waals surface area (Å²) in [4.78, 5) is 150. The second-order valence-electron chi connectivity index (χ2n) is 17.3. The zero-order valence-electron chi connectivity index (χ0n) is 40.7. The average Bonchev–Trinajstić information content (AvgIpc) is 3.24. The topological polar surface area (TPSA) is 520 Å². The molecule has 71 heavy (non-hydrogen) atoms. The molecule has 9 amide bonds. The summed E-state index contributed by atoms with van der Waals surface area (Å²) >= 11 is 0. The van der Waals surface area contributed by atoms with E-state index < -0.39 is 145 Å². The van der Waals surface area contributed by atoms with Crippen molar-refractivity contribution in [3.8, 4) is 0 Å². The van der Waals surface area contributed by atoms with Gasteiger partial charge in [0.1, 0.15) is 48.3 Å². The van der Waals surface area contributed by atoms with E-state index in [0.717, 1.165) is 13.8 Å². The lowest BCUT2D eigenvalue weighted by Gasteiger charge is -2.28. The Hall–Kier alpha value is -7.37. The van der Waals surface area contributed by atoms with Gasteiger partial charge in [0.2, 0.25) is 53.2 Å². The zero-order valence-corrected chi connectivity index (χ0v) is 40.7. The number of hydrogen-bond acceptors (Lipinski definition) is 15. The molecular weight excluding hydrogens is 943 g/mol. The molecule has 0 radical (unpaired) electrons. The molecule has 9 atom stereocenters. The van der Waals surface area contributed by atoms with Crippen molar-refractivity contribution in [2.24, 2.45) is 50.5 Å². The van der Waals surface area contributed by atoms with E-state index in [9.17, 15) is 73.2 Å². The molecule has 0 aromatic rings. The number of primary amides is 1. The number of rotatable bonds is 34. The van der Waals surface area contributed by atoms with Crippen LogP contribution < -0.4 is 71.2 Å². The number of carboxylic acids is 2. The molecule has 0 saturated heterocycles. The first kappa shape index (κ1) is 63.6. The molecule has 402 valence electrons. The van der Waals surface area contributed by atoms with E-state index in [1.54, 1.807) is 27.7 Å². The summed E-state index contributed by atoms with van der Waals surface area (Å²) in [7, 11) is 0. The minimum Gasteiger partial charge on any atom is -0.481 e. The fourth-order valence-corrected chi connectivity index (χ4v) is 6.46. The molecule has 30 nitrogen and oxygen atoms in total. The van der Waals surface area contributed by atoms with E-state index in [4.69, 9.17) is 28.7 Å². The molecule has 0 unspecified atom stereocenters. The highest BCUT2D eigenvalue weighted by Crippen LogP contribution is 2.11. The monoisotopic (exact) mass is 1020 g/mol. The molecule has 0 fully saturated rings. The predicted octanol–water partition coefficient (Wildman–Crippen LogP) is -7.11. The maximum atomic E-state index is 13.8. The summed E-state index contributed by atoms with van der Waals surface area (Å²) in [5, 5.41) is 58.1. The van der Waals surface area contributed by atoms with Gasteiger partial charge >= 0.3 is 11.9 Å². The lowest BCUT2D eigenvalue weighted by atomic mass is 10.0. The first-order chi connectivity index (χ1) is 33.0. The Morgan fingerprint density at radius 2 is 0.803 bits per heavy atom. The average molecular weight is 1020 g/mol. The van der Waals surface area contributed by atoms with Crippen LogP contribution in [0.5, 0.6) is 0 Å². The van der Waals surface area contributed by atoms with Crippen molar-refractivity contribution in [2.45, 2.75) is 147 Å². The number of hydrogen-bond donors (Lipinski definition) is 17. The molecule has 0 saturated carbocycles. The largest absolute Gasteiger partial charge is 0.481 e. The van der Waals surface area contributed by atoms with Crippen LogP contribution in [0.25, 0.3) is 0 Å². The lowest BCUT2D eigenvalue weighted by molar-refractivity contribution is -0.142. The summed E-state index contributed by atoms with van der Waals surface area (Å²) in [5.74, 6) is -13.8. The number of nitrogens with one attached hydrogen (secondary N) is 8. The Morgan fingerprint density at radius 1 is 0.465 bits per heavy atom. The molecule has 0 heterocycles. The van der Waals surface area contributed by atoms with E-state index >= 15 is 0 Å². The fourth-order valence-electron chi connectivity index (χ4n) is 6.46. The predicted molar refractivity (Wildman–Crippen MR) is 252 cm³/mol. The molecule has 0 aromatic carbocycles. The third kappa shape index (κ3) is 26.8. The highest BCUT2D eigenvalue weighted by molar-refractivity contribution is 5.99. The van der Waals surface area contributed by atoms with Crippen molar-refractivity contribution in [3.63, 3.8) is 0 Å². The number of carbonyl (C=O) groups is 11. The van der Waals surface area contributed by atoms with Crippen LogP contribution in [0.1, 0.15) is 92.9 Å². The van der Waals surface area contributed by atoms with E-state index in [2.05, 4.69) is 52.5 Å². The van der Waals surface area contributed by atoms with Gasteiger partial charge in [-0.2, -0.15) is 0 Å². The minimum atomic E-state index is -1.99. The van der Waals surface area contributed by atoms with Crippen LogP contribution in [-0.2, 0) is 52.7 Å². The second kappa shape index (κ2) is 32.4. The summed E-state index contributed by atoms with van der Waals surface area (Å²) < 4.78 is 0. The van der Waals surface area contributed by atoms with Gasteiger partial charge in [0.25, 0.3) is 0 Å². The lowest BCUT2D eigenvalue weighted by Crippen LogP contribution is -2.62. The summed E-state index contributed by atoms with van der Waals surface area (Å²) in [6, 6.07) is -13.1. The molecule has 0 spiro atoms. The van der Waals surface area contributed by atoms with Gasteiger partial charge in [0.15, 0.2) is 11.9 Å². The first-order valence-corrected chi connectivity index (χ1v) is 22.5. The molecular formula is C41H73N15O15. The number of aliphatic hydroxyl groups excluding tert-OH is 2. The summed E-state index contributed by atoms with van der Waals surface area (Å²) in [5.41, 5.74) is 26.7. The number of aliphatic carboxylic acids is 2. The number of amides is 9. The Balaban J connectivity index is 6.40. The van der Waals surface area contributed by atoms with Crippen molar-refractivity contribution in [2.75, 3.05) is 19.7 Å². The highest BCUT2D eigenvalue weighted by Gasteiger charge is 2.37. The SMILES string of the molecule is CC(=O)N[C@@H](CCCN=C(N)N)C(=O)N[C@H](C(=O)N[C@@H](CC(=O)O)C(=O)N[C@@H](CC(C)C)C(=O)N[C@@H](CC(=O)O)C(=O)N[C@@H](CO)C(=O)N[C@@H](CC(C)C)C(=O)N[C@H](CCCN=C(N)N)C(N)=O)[C@@H](C)O. The number of aliphatic hydroxyl groups is 2. The van der Waals surface area contributed by atoms with Crippen molar-refractivity contribution >= 4 is 77.0 Å². The van der Waals surface area contributed by atoms with Gasteiger partial charge in [-0.25, -0.2) is 0 Å². The Morgan fingerprint density at radius 3 is 1.15 bits per heavy atom. The van der Waals surface area contributed by atoms with E-state index in [0.29, 0.717) is 0 Å². The van der Waals surface area contributed by atoms with Crippen LogP contribution in [0.4, 0.5) is 0 Å². The van der Waals surface area contributed by atoms with Crippen molar-refractivity contribution in [3.05, 3.63) is 0 Å². The quantitative estimate of drug-likeness (QED) is 0.0162. The Labute approximate surface area is 409 Å². The number of nitrogens with two attached hydrogens (primary N) is 5. The zero-order chi connectivity index (χ0) is 54.7. The Bertz CT molecular complexity index is 1920. The molecule has 0 aliphatic rings. The van der Waals surface area contributed by atoms with Gasteiger partial charge in [-0.3, -0.25) is 62.7 Å². The van der Waals surface area contributed by atoms with Gasteiger partial charge in [-0.1, -0.05) is 27.7 Å². The highest BCUT2D eigenvalue weighted by atomic mass is 16.4. The van der Waals surface area contributed by atoms with Gasteiger partial charge in [-0.15, -0.1) is 0 Å².